The molecule has 0 radical (unpaired) electrons. The minimum Gasteiger partial charge on any atom is -0.352 e. The molecule has 260 valence electrons. The van der Waals surface area contributed by atoms with E-state index in [1.54, 1.807) is 14.0 Å². The van der Waals surface area contributed by atoms with E-state index in [1.165, 1.54) is 36.5 Å². The number of nitrogens with one attached hydrogen (secondary N) is 2. The zero-order valence-electron chi connectivity index (χ0n) is 28.9. The Kier molecular flexibility index (Phi) is 17.8. The molecule has 1 aliphatic carbocycles. The predicted octanol–water partition coefficient (Wildman–Crippen LogP) is 3.24. The van der Waals surface area contributed by atoms with Gasteiger partial charge in [0.15, 0.2) is 0 Å². The monoisotopic (exact) mass is 660 g/mol. The summed E-state index contributed by atoms with van der Waals surface area (Å²) >= 11 is 0. The number of piperazine rings is 1. The van der Waals surface area contributed by atoms with Crippen molar-refractivity contribution in [1.29, 1.82) is 0 Å². The number of likely N-dealkylation sites (N-methyl/N-ethyl adjacent to an activating group) is 1. The fourth-order valence-corrected chi connectivity index (χ4v) is 7.95. The topological polar surface area (TPSA) is 128 Å². The summed E-state index contributed by atoms with van der Waals surface area (Å²) in [5, 5.41) is 7.73. The third-order valence-corrected chi connectivity index (χ3v) is 10.7. The van der Waals surface area contributed by atoms with Crippen molar-refractivity contribution >= 4 is 21.8 Å². The average molecular weight is 661 g/mol. The standard InChI is InChI=1S/C32H56N6O4S.C3H4/c1-25(2)19-29(33)22-30(21-27-13-9-6-10-14-27)35-31(39)23-34-32(40)28(20-26-11-7-5-8-12-26)24-43(41,42)37(4)38-17-15-36(3)16-18-38;1-3-2/h5,7-8,11-12,25,27-30H,6,9-10,13-24,33H2,1-4H3,(H,34,40)(H,35,39);1H,2H3. The first-order chi connectivity index (χ1) is 21.8. The number of rotatable bonds is 16. The molecule has 1 saturated heterocycles. The largest absolute Gasteiger partial charge is 0.352 e. The number of carbonyl (C=O) groups is 2. The lowest BCUT2D eigenvalue weighted by Crippen LogP contribution is -2.54. The number of hydrogen-bond acceptors (Lipinski definition) is 7. The molecule has 1 heterocycles. The number of nitrogens with two attached hydrogens (primary N) is 1. The van der Waals surface area contributed by atoms with Gasteiger partial charge >= 0.3 is 0 Å². The first-order valence-electron chi connectivity index (χ1n) is 17.0. The number of nitrogens with zero attached hydrogens (tertiary/aromatic N) is 3. The van der Waals surface area contributed by atoms with Crippen LogP contribution < -0.4 is 16.4 Å². The van der Waals surface area contributed by atoms with Crippen molar-refractivity contribution in [1.82, 2.24) is 25.0 Å². The molecule has 0 bridgehead atoms. The summed E-state index contributed by atoms with van der Waals surface area (Å²) < 4.78 is 28.2. The van der Waals surface area contributed by atoms with Gasteiger partial charge in [0, 0.05) is 45.3 Å². The molecule has 3 atom stereocenters. The highest BCUT2D eigenvalue weighted by Gasteiger charge is 2.33. The van der Waals surface area contributed by atoms with E-state index >= 15 is 0 Å². The molecule has 10 nitrogen and oxygen atoms in total. The SMILES string of the molecule is C#CC.CC(C)CC(N)CC(CC1CCCCC1)NC(=O)CNC(=O)C(Cc1ccccc1)CS(=O)(=O)N(C)N1CCN(C)CC1. The number of benzene rings is 1. The van der Waals surface area contributed by atoms with Gasteiger partial charge in [0.05, 0.1) is 18.2 Å². The molecular formula is C35H60N6O4S. The van der Waals surface area contributed by atoms with Crippen LogP contribution in [0.2, 0.25) is 0 Å². The van der Waals surface area contributed by atoms with Crippen LogP contribution in [0.25, 0.3) is 0 Å². The molecule has 1 aliphatic heterocycles. The minimum absolute atomic E-state index is 0.00114. The lowest BCUT2D eigenvalue weighted by atomic mass is 9.83. The molecule has 0 aromatic heterocycles. The second kappa shape index (κ2) is 20.7. The highest BCUT2D eigenvalue weighted by atomic mass is 32.2. The van der Waals surface area contributed by atoms with Crippen molar-refractivity contribution in [3.05, 3.63) is 35.9 Å². The molecule has 0 spiro atoms. The van der Waals surface area contributed by atoms with Crippen molar-refractivity contribution in [3.63, 3.8) is 0 Å². The van der Waals surface area contributed by atoms with Gasteiger partial charge in [0.1, 0.15) is 0 Å². The summed E-state index contributed by atoms with van der Waals surface area (Å²) in [7, 11) is -0.202. The van der Waals surface area contributed by atoms with Gasteiger partial charge in [0.2, 0.25) is 21.8 Å². The van der Waals surface area contributed by atoms with Crippen LogP contribution in [0.4, 0.5) is 0 Å². The quantitative estimate of drug-likeness (QED) is 0.232. The van der Waals surface area contributed by atoms with E-state index in [4.69, 9.17) is 5.73 Å². The molecule has 2 aliphatic rings. The third kappa shape index (κ3) is 14.9. The summed E-state index contributed by atoms with van der Waals surface area (Å²) in [4.78, 5) is 28.7. The van der Waals surface area contributed by atoms with Gasteiger partial charge in [-0.25, -0.2) is 13.4 Å². The van der Waals surface area contributed by atoms with Gasteiger partial charge in [0.25, 0.3) is 0 Å². The second-order valence-corrected chi connectivity index (χ2v) is 15.5. The fourth-order valence-electron chi connectivity index (χ4n) is 6.44. The van der Waals surface area contributed by atoms with Gasteiger partial charge in [-0.3, -0.25) is 9.59 Å². The number of hydrogen-bond donors (Lipinski definition) is 3. The average Bonchev–Trinajstić information content (AvgIpc) is 3.00. The maximum Gasteiger partial charge on any atom is 0.239 e. The highest BCUT2D eigenvalue weighted by molar-refractivity contribution is 7.89. The first kappa shape index (κ1) is 39.7. The van der Waals surface area contributed by atoms with Crippen molar-refractivity contribution in [2.75, 3.05) is 52.6 Å². The van der Waals surface area contributed by atoms with Gasteiger partial charge in [-0.05, 0) is 57.1 Å². The maximum atomic E-state index is 13.5. The van der Waals surface area contributed by atoms with Crippen molar-refractivity contribution in [2.45, 2.75) is 90.6 Å². The van der Waals surface area contributed by atoms with E-state index in [0.29, 0.717) is 31.3 Å². The Morgan fingerprint density at radius 3 is 2.26 bits per heavy atom. The van der Waals surface area contributed by atoms with E-state index in [2.05, 4.69) is 41.7 Å². The Balaban J connectivity index is 0.00000236. The van der Waals surface area contributed by atoms with Gasteiger partial charge in [-0.1, -0.05) is 76.3 Å². The Labute approximate surface area is 279 Å². The lowest BCUT2D eigenvalue weighted by molar-refractivity contribution is -0.128. The first-order valence-corrected chi connectivity index (χ1v) is 18.6. The van der Waals surface area contributed by atoms with Crippen LogP contribution in [0.1, 0.15) is 77.7 Å². The second-order valence-electron chi connectivity index (χ2n) is 13.5. The summed E-state index contributed by atoms with van der Waals surface area (Å²) in [6, 6.07) is 9.37. The summed E-state index contributed by atoms with van der Waals surface area (Å²) in [5.41, 5.74) is 7.32. The minimum atomic E-state index is -3.77. The van der Waals surface area contributed by atoms with Gasteiger partial charge in [-0.2, -0.15) is 0 Å². The number of hydrazine groups is 1. The number of amides is 2. The molecule has 4 N–H and O–H groups in total. The van der Waals surface area contributed by atoms with Crippen molar-refractivity contribution in [2.24, 2.45) is 23.5 Å². The molecule has 1 saturated carbocycles. The fraction of sp³-hybridized carbons (Fsp3) is 0.714. The molecule has 11 heteroatoms. The van der Waals surface area contributed by atoms with Crippen LogP contribution in [-0.4, -0.2) is 99.2 Å². The Bertz CT molecular complexity index is 1180. The van der Waals surface area contributed by atoms with Crippen molar-refractivity contribution in [3.8, 4) is 12.3 Å². The Morgan fingerprint density at radius 2 is 1.67 bits per heavy atom. The van der Waals surface area contributed by atoms with Gasteiger partial charge < -0.3 is 21.3 Å². The predicted molar refractivity (Wildman–Crippen MR) is 187 cm³/mol. The molecule has 2 fully saturated rings. The van der Waals surface area contributed by atoms with E-state index in [1.807, 2.05) is 42.4 Å². The van der Waals surface area contributed by atoms with Crippen LogP contribution >= 0.6 is 0 Å². The summed E-state index contributed by atoms with van der Waals surface area (Å²) in [5.74, 6) is 1.43. The zero-order chi connectivity index (χ0) is 34.1. The van der Waals surface area contributed by atoms with E-state index in [0.717, 1.165) is 31.5 Å². The van der Waals surface area contributed by atoms with Crippen molar-refractivity contribution < 1.29 is 18.0 Å². The molecule has 3 rings (SSSR count). The molecule has 1 aromatic carbocycles. The van der Waals surface area contributed by atoms with Crippen LogP contribution in [0, 0.1) is 30.1 Å². The molecule has 3 unspecified atom stereocenters. The van der Waals surface area contributed by atoms with E-state index in [-0.39, 0.29) is 36.7 Å². The number of sulfonamides is 1. The van der Waals surface area contributed by atoms with Crippen LogP contribution in [0.15, 0.2) is 30.3 Å². The molecule has 1 aromatic rings. The summed E-state index contributed by atoms with van der Waals surface area (Å²) in [6.07, 6.45) is 13.5. The number of carbonyl (C=O) groups excluding carboxylic acids is 2. The lowest BCUT2D eigenvalue weighted by Gasteiger charge is -2.37. The van der Waals surface area contributed by atoms with E-state index in [9.17, 15) is 18.0 Å². The highest BCUT2D eigenvalue weighted by Crippen LogP contribution is 2.28. The zero-order valence-corrected chi connectivity index (χ0v) is 29.7. The Hall–Kier alpha value is -2.49. The normalized spacial score (nSPS) is 18.6. The van der Waals surface area contributed by atoms with Crippen LogP contribution in [0.3, 0.4) is 0 Å². The number of terminal acetylenes is 1. The Morgan fingerprint density at radius 1 is 1.07 bits per heavy atom. The van der Waals surface area contributed by atoms with Gasteiger partial charge in [-0.15, -0.1) is 16.8 Å². The molecule has 46 heavy (non-hydrogen) atoms. The smallest absolute Gasteiger partial charge is 0.239 e. The summed E-state index contributed by atoms with van der Waals surface area (Å²) in [6.45, 7) is 8.51. The maximum absolute atomic E-state index is 13.5. The van der Waals surface area contributed by atoms with E-state index < -0.39 is 21.8 Å². The van der Waals surface area contributed by atoms with Crippen LogP contribution in [0.5, 0.6) is 0 Å². The molecule has 2 amide bonds. The molecular weight excluding hydrogens is 600 g/mol. The third-order valence-electron chi connectivity index (χ3n) is 8.88. The van der Waals surface area contributed by atoms with Crippen LogP contribution in [-0.2, 0) is 26.0 Å².